The molecule has 0 radical (unpaired) electrons. The lowest BCUT2D eigenvalue weighted by molar-refractivity contribution is -0.126. The highest BCUT2D eigenvalue weighted by molar-refractivity contribution is 7.17. The number of hydrogen-bond donors (Lipinski definition) is 1. The molecule has 156 valence electrons. The molecule has 1 amide bonds. The smallest absolute Gasteiger partial charge is 0.341 e. The standard InChI is InChI=1S/C21H32N2O4S/c1-6-26-21(25)18-16-8-7-12(2)9-17(16)28-20(18)22-19(24)15(5)23-10-13(3)27-14(4)11-23/h12-15H,6-11H2,1-5H3,(H,22,24). The fourth-order valence-corrected chi connectivity index (χ4v) is 5.58. The molecule has 0 spiro atoms. The van der Waals surface area contributed by atoms with Crippen LogP contribution in [0.5, 0.6) is 0 Å². The number of nitrogens with one attached hydrogen (secondary N) is 1. The van der Waals surface area contributed by atoms with Crippen LogP contribution in [0.1, 0.15) is 61.8 Å². The minimum atomic E-state index is -0.328. The summed E-state index contributed by atoms with van der Waals surface area (Å²) in [4.78, 5) is 29.0. The van der Waals surface area contributed by atoms with Gasteiger partial charge in [-0.3, -0.25) is 9.69 Å². The molecule has 28 heavy (non-hydrogen) atoms. The summed E-state index contributed by atoms with van der Waals surface area (Å²) in [6, 6.07) is -0.290. The van der Waals surface area contributed by atoms with Crippen molar-refractivity contribution in [2.75, 3.05) is 25.0 Å². The van der Waals surface area contributed by atoms with Crippen molar-refractivity contribution in [1.82, 2.24) is 4.90 Å². The second-order valence-electron chi connectivity index (χ2n) is 8.15. The largest absolute Gasteiger partial charge is 0.462 e. The molecule has 4 unspecified atom stereocenters. The summed E-state index contributed by atoms with van der Waals surface area (Å²) >= 11 is 1.54. The zero-order chi connectivity index (χ0) is 20.4. The number of thiophene rings is 1. The second kappa shape index (κ2) is 8.93. The van der Waals surface area contributed by atoms with E-state index in [-0.39, 0.29) is 30.1 Å². The van der Waals surface area contributed by atoms with Crippen LogP contribution in [0.15, 0.2) is 0 Å². The molecule has 1 aromatic heterocycles. The van der Waals surface area contributed by atoms with Gasteiger partial charge in [-0.15, -0.1) is 11.3 Å². The number of anilines is 1. The average Bonchev–Trinajstić information content (AvgIpc) is 2.97. The Labute approximate surface area is 171 Å². The van der Waals surface area contributed by atoms with E-state index in [1.54, 1.807) is 6.92 Å². The van der Waals surface area contributed by atoms with E-state index in [0.29, 0.717) is 23.1 Å². The number of morpholine rings is 1. The van der Waals surface area contributed by atoms with Crippen molar-refractivity contribution in [3.05, 3.63) is 16.0 Å². The molecule has 2 heterocycles. The molecule has 1 N–H and O–H groups in total. The van der Waals surface area contributed by atoms with E-state index < -0.39 is 0 Å². The molecule has 1 aromatic rings. The summed E-state index contributed by atoms with van der Waals surface area (Å²) in [6.45, 7) is 11.8. The van der Waals surface area contributed by atoms with Crippen LogP contribution in [-0.2, 0) is 27.1 Å². The first-order valence-electron chi connectivity index (χ1n) is 10.3. The van der Waals surface area contributed by atoms with Crippen molar-refractivity contribution in [2.24, 2.45) is 5.92 Å². The third kappa shape index (κ3) is 4.58. The van der Waals surface area contributed by atoms with E-state index >= 15 is 0 Å². The van der Waals surface area contributed by atoms with Gasteiger partial charge in [-0.1, -0.05) is 6.92 Å². The van der Waals surface area contributed by atoms with Gasteiger partial charge in [-0.2, -0.15) is 0 Å². The molecular weight excluding hydrogens is 376 g/mol. The van der Waals surface area contributed by atoms with Crippen LogP contribution in [0, 0.1) is 5.92 Å². The molecule has 0 saturated carbocycles. The lowest BCUT2D eigenvalue weighted by atomic mass is 9.88. The fourth-order valence-electron chi connectivity index (χ4n) is 4.17. The molecule has 7 heteroatoms. The maximum atomic E-state index is 13.0. The molecule has 6 nitrogen and oxygen atoms in total. The predicted molar refractivity (Wildman–Crippen MR) is 111 cm³/mol. The minimum Gasteiger partial charge on any atom is -0.462 e. The maximum Gasteiger partial charge on any atom is 0.341 e. The molecule has 3 rings (SSSR count). The second-order valence-corrected chi connectivity index (χ2v) is 9.26. The number of esters is 1. The van der Waals surface area contributed by atoms with Crippen LogP contribution in [-0.4, -0.2) is 54.7 Å². The first-order valence-corrected chi connectivity index (χ1v) is 11.1. The maximum absolute atomic E-state index is 13.0. The normalized spacial score (nSPS) is 26.4. The van der Waals surface area contributed by atoms with Gasteiger partial charge in [0.1, 0.15) is 5.00 Å². The number of carbonyl (C=O) groups excluding carboxylic acids is 2. The number of nitrogens with zero attached hydrogens (tertiary/aromatic N) is 1. The van der Waals surface area contributed by atoms with Gasteiger partial charge in [-0.25, -0.2) is 4.79 Å². The number of carbonyl (C=O) groups is 2. The SMILES string of the molecule is CCOC(=O)c1c(NC(=O)C(C)N2CC(C)OC(C)C2)sc2c1CCC(C)C2. The Bertz CT molecular complexity index is 722. The van der Waals surface area contributed by atoms with Crippen molar-refractivity contribution in [1.29, 1.82) is 0 Å². The number of rotatable bonds is 5. The van der Waals surface area contributed by atoms with E-state index in [2.05, 4.69) is 17.1 Å². The van der Waals surface area contributed by atoms with Crippen molar-refractivity contribution in [3.63, 3.8) is 0 Å². The Morgan fingerprint density at radius 3 is 2.61 bits per heavy atom. The van der Waals surface area contributed by atoms with Crippen molar-refractivity contribution in [3.8, 4) is 0 Å². The molecule has 0 aromatic carbocycles. The lowest BCUT2D eigenvalue weighted by Gasteiger charge is -2.38. The van der Waals surface area contributed by atoms with Crippen LogP contribution in [0.4, 0.5) is 5.00 Å². The summed E-state index contributed by atoms with van der Waals surface area (Å²) < 4.78 is 11.1. The van der Waals surface area contributed by atoms with E-state index in [9.17, 15) is 9.59 Å². The van der Waals surface area contributed by atoms with Gasteiger partial charge < -0.3 is 14.8 Å². The van der Waals surface area contributed by atoms with Crippen molar-refractivity contribution >= 4 is 28.2 Å². The van der Waals surface area contributed by atoms with E-state index in [0.717, 1.165) is 37.9 Å². The van der Waals surface area contributed by atoms with Gasteiger partial charge in [0.25, 0.3) is 0 Å². The first kappa shape index (κ1) is 21.3. The van der Waals surface area contributed by atoms with Gasteiger partial charge in [0.05, 0.1) is 30.4 Å². The Balaban J connectivity index is 1.80. The van der Waals surface area contributed by atoms with E-state index in [1.807, 2.05) is 20.8 Å². The first-order chi connectivity index (χ1) is 13.3. The third-order valence-electron chi connectivity index (χ3n) is 5.60. The summed E-state index contributed by atoms with van der Waals surface area (Å²) in [7, 11) is 0. The number of amides is 1. The van der Waals surface area contributed by atoms with Gasteiger partial charge in [0.2, 0.25) is 5.91 Å². The van der Waals surface area contributed by atoms with Gasteiger partial charge in [0.15, 0.2) is 0 Å². The van der Waals surface area contributed by atoms with Crippen LogP contribution in [0.2, 0.25) is 0 Å². The summed E-state index contributed by atoms with van der Waals surface area (Å²) in [5.41, 5.74) is 1.64. The van der Waals surface area contributed by atoms with Gasteiger partial charge in [-0.05, 0) is 58.4 Å². The molecular formula is C21H32N2O4S. The average molecular weight is 409 g/mol. The molecule has 1 aliphatic heterocycles. The van der Waals surface area contributed by atoms with Crippen LogP contribution < -0.4 is 5.32 Å². The zero-order valence-electron chi connectivity index (χ0n) is 17.5. The summed E-state index contributed by atoms with van der Waals surface area (Å²) in [5, 5.41) is 3.69. The molecule has 1 aliphatic carbocycles. The predicted octanol–water partition coefficient (Wildman–Crippen LogP) is 3.49. The van der Waals surface area contributed by atoms with E-state index in [1.165, 1.54) is 16.2 Å². The Hall–Kier alpha value is -1.44. The molecule has 2 aliphatic rings. The van der Waals surface area contributed by atoms with Crippen molar-refractivity contribution in [2.45, 2.75) is 72.1 Å². The number of hydrogen-bond acceptors (Lipinski definition) is 6. The summed E-state index contributed by atoms with van der Waals surface area (Å²) in [5.74, 6) is 0.185. The molecule has 4 atom stereocenters. The minimum absolute atomic E-state index is 0.0847. The zero-order valence-corrected chi connectivity index (χ0v) is 18.4. The number of fused-ring (bicyclic) bond motifs is 1. The molecule has 1 saturated heterocycles. The molecule has 1 fully saturated rings. The van der Waals surface area contributed by atoms with E-state index in [4.69, 9.17) is 9.47 Å². The van der Waals surface area contributed by atoms with Gasteiger partial charge >= 0.3 is 5.97 Å². The molecule has 0 bridgehead atoms. The monoisotopic (exact) mass is 408 g/mol. The highest BCUT2D eigenvalue weighted by Gasteiger charge is 2.32. The quantitative estimate of drug-likeness (QED) is 0.756. The Kier molecular flexibility index (Phi) is 6.78. The van der Waals surface area contributed by atoms with Crippen LogP contribution in [0.25, 0.3) is 0 Å². The van der Waals surface area contributed by atoms with Gasteiger partial charge in [0, 0.05) is 18.0 Å². The lowest BCUT2D eigenvalue weighted by Crippen LogP contribution is -2.52. The summed E-state index contributed by atoms with van der Waals surface area (Å²) in [6.07, 6.45) is 3.08. The Morgan fingerprint density at radius 2 is 1.96 bits per heavy atom. The highest BCUT2D eigenvalue weighted by Crippen LogP contribution is 2.40. The third-order valence-corrected chi connectivity index (χ3v) is 6.77. The number of ether oxygens (including phenoxy) is 2. The highest BCUT2D eigenvalue weighted by atomic mass is 32.1. The van der Waals surface area contributed by atoms with Crippen molar-refractivity contribution < 1.29 is 19.1 Å². The van der Waals surface area contributed by atoms with Crippen LogP contribution in [0.3, 0.4) is 0 Å². The van der Waals surface area contributed by atoms with Crippen LogP contribution >= 0.6 is 11.3 Å². The Morgan fingerprint density at radius 1 is 1.29 bits per heavy atom. The fraction of sp³-hybridized carbons (Fsp3) is 0.714. The topological polar surface area (TPSA) is 67.9 Å².